The average Bonchev–Trinajstić information content (AvgIpc) is 2.53. The van der Waals surface area contributed by atoms with Crippen LogP contribution in [-0.4, -0.2) is 12.1 Å². The van der Waals surface area contributed by atoms with Gasteiger partial charge in [0.25, 0.3) is 0 Å². The molecule has 0 bridgehead atoms. The molecule has 0 aliphatic heterocycles. The van der Waals surface area contributed by atoms with Gasteiger partial charge in [0, 0.05) is 5.54 Å². The molecule has 1 aliphatic carbocycles. The molecule has 21 heavy (non-hydrogen) atoms. The number of unbranched alkanes of at least 4 members (excludes halogenated alkanes) is 7. The van der Waals surface area contributed by atoms with Crippen molar-refractivity contribution in [2.45, 2.75) is 116 Å². The summed E-state index contributed by atoms with van der Waals surface area (Å²) in [4.78, 5) is 0. The molecule has 0 amide bonds. The highest BCUT2D eigenvalue weighted by Crippen LogP contribution is 2.38. The molecule has 0 saturated heterocycles. The lowest BCUT2D eigenvalue weighted by Gasteiger charge is -2.44. The Balaban J connectivity index is 2.11. The minimum absolute atomic E-state index is 0.480. The highest BCUT2D eigenvalue weighted by Gasteiger charge is 2.37. The fourth-order valence-corrected chi connectivity index (χ4v) is 4.33. The summed E-state index contributed by atoms with van der Waals surface area (Å²) in [5.41, 5.74) is 0.480. The quantitative estimate of drug-likeness (QED) is 0.407. The highest BCUT2D eigenvalue weighted by molar-refractivity contribution is 4.95. The van der Waals surface area contributed by atoms with Crippen LogP contribution in [-0.2, 0) is 0 Å². The first-order valence-electron chi connectivity index (χ1n) is 10.0. The van der Waals surface area contributed by atoms with E-state index >= 15 is 0 Å². The van der Waals surface area contributed by atoms with Crippen molar-refractivity contribution in [2.75, 3.05) is 6.54 Å². The number of nitrogens with one attached hydrogen (secondary N) is 1. The molecule has 0 heterocycles. The van der Waals surface area contributed by atoms with E-state index in [2.05, 4.69) is 26.1 Å². The Hall–Kier alpha value is -0.0400. The van der Waals surface area contributed by atoms with Crippen molar-refractivity contribution in [1.82, 2.24) is 5.32 Å². The Bertz CT molecular complexity index is 238. The summed E-state index contributed by atoms with van der Waals surface area (Å²) in [5, 5.41) is 4.00. The standard InChI is InChI=1S/C20H41N/c1-4-7-8-9-10-11-12-15-18-21-20(6-3)17-14-13-16-19(20)5-2/h19,21H,4-18H2,1-3H3. The molecule has 1 rings (SSSR count). The first-order valence-corrected chi connectivity index (χ1v) is 10.0. The zero-order valence-corrected chi connectivity index (χ0v) is 15.2. The van der Waals surface area contributed by atoms with Crippen LogP contribution in [0.15, 0.2) is 0 Å². The van der Waals surface area contributed by atoms with Crippen LogP contribution in [0.3, 0.4) is 0 Å². The fraction of sp³-hybridized carbons (Fsp3) is 1.00. The van der Waals surface area contributed by atoms with E-state index in [1.807, 2.05) is 0 Å². The third-order valence-corrected chi connectivity index (χ3v) is 5.84. The van der Waals surface area contributed by atoms with E-state index < -0.39 is 0 Å². The van der Waals surface area contributed by atoms with Gasteiger partial charge in [-0.2, -0.15) is 0 Å². The molecule has 2 unspecified atom stereocenters. The molecule has 1 fully saturated rings. The van der Waals surface area contributed by atoms with Crippen molar-refractivity contribution in [2.24, 2.45) is 5.92 Å². The minimum atomic E-state index is 0.480. The van der Waals surface area contributed by atoms with Gasteiger partial charge in [0.05, 0.1) is 0 Å². The van der Waals surface area contributed by atoms with E-state index in [9.17, 15) is 0 Å². The van der Waals surface area contributed by atoms with Crippen LogP contribution in [0.1, 0.15) is 111 Å². The van der Waals surface area contributed by atoms with E-state index in [1.165, 1.54) is 96.4 Å². The smallest absolute Gasteiger partial charge is 0.0206 e. The molecule has 1 nitrogen and oxygen atoms in total. The normalized spacial score (nSPS) is 26.1. The van der Waals surface area contributed by atoms with E-state index in [-0.39, 0.29) is 0 Å². The topological polar surface area (TPSA) is 12.0 Å². The van der Waals surface area contributed by atoms with Crippen LogP contribution in [0.4, 0.5) is 0 Å². The molecule has 2 atom stereocenters. The molecular weight excluding hydrogens is 254 g/mol. The summed E-state index contributed by atoms with van der Waals surface area (Å²) in [7, 11) is 0. The SMILES string of the molecule is CCCCCCCCCCNC1(CC)CCCCC1CC. The minimum Gasteiger partial charge on any atom is -0.311 e. The largest absolute Gasteiger partial charge is 0.311 e. The maximum Gasteiger partial charge on any atom is 0.0206 e. The number of hydrogen-bond donors (Lipinski definition) is 1. The Morgan fingerprint density at radius 3 is 2.14 bits per heavy atom. The summed E-state index contributed by atoms with van der Waals surface area (Å²) in [5.74, 6) is 0.922. The molecule has 1 saturated carbocycles. The zero-order chi connectivity index (χ0) is 15.4. The van der Waals surface area contributed by atoms with Gasteiger partial charge in [0.1, 0.15) is 0 Å². The van der Waals surface area contributed by atoms with Gasteiger partial charge >= 0.3 is 0 Å². The highest BCUT2D eigenvalue weighted by atomic mass is 15.0. The predicted molar refractivity (Wildman–Crippen MR) is 95.9 cm³/mol. The first kappa shape index (κ1) is 19.0. The third-order valence-electron chi connectivity index (χ3n) is 5.84. The van der Waals surface area contributed by atoms with Gasteiger partial charge in [-0.05, 0) is 38.1 Å². The Morgan fingerprint density at radius 1 is 0.857 bits per heavy atom. The van der Waals surface area contributed by atoms with Crippen molar-refractivity contribution in [3.05, 3.63) is 0 Å². The Kier molecular flexibility index (Phi) is 10.4. The van der Waals surface area contributed by atoms with Crippen molar-refractivity contribution in [1.29, 1.82) is 0 Å². The van der Waals surface area contributed by atoms with Crippen molar-refractivity contribution in [3.8, 4) is 0 Å². The van der Waals surface area contributed by atoms with Gasteiger partial charge in [-0.3, -0.25) is 0 Å². The summed E-state index contributed by atoms with van der Waals surface area (Å²) in [6, 6.07) is 0. The lowest BCUT2D eigenvalue weighted by atomic mass is 9.70. The van der Waals surface area contributed by atoms with Crippen LogP contribution in [0.5, 0.6) is 0 Å². The summed E-state index contributed by atoms with van der Waals surface area (Å²) in [6.07, 6.45) is 19.9. The van der Waals surface area contributed by atoms with Gasteiger partial charge in [-0.15, -0.1) is 0 Å². The van der Waals surface area contributed by atoms with Gasteiger partial charge in [0.15, 0.2) is 0 Å². The number of hydrogen-bond acceptors (Lipinski definition) is 1. The molecule has 0 aromatic carbocycles. The molecule has 0 spiro atoms. The third kappa shape index (κ3) is 6.72. The predicted octanol–water partition coefficient (Wildman–Crippen LogP) is 6.47. The van der Waals surface area contributed by atoms with Crippen molar-refractivity contribution < 1.29 is 0 Å². The number of rotatable bonds is 12. The van der Waals surface area contributed by atoms with E-state index in [4.69, 9.17) is 0 Å². The lowest BCUT2D eigenvalue weighted by molar-refractivity contribution is 0.130. The van der Waals surface area contributed by atoms with E-state index in [0.29, 0.717) is 5.54 Å². The second-order valence-electron chi connectivity index (χ2n) is 7.26. The van der Waals surface area contributed by atoms with Crippen molar-refractivity contribution in [3.63, 3.8) is 0 Å². The maximum atomic E-state index is 4.00. The summed E-state index contributed by atoms with van der Waals surface area (Å²) in [6.45, 7) is 8.33. The van der Waals surface area contributed by atoms with Crippen LogP contribution >= 0.6 is 0 Å². The van der Waals surface area contributed by atoms with Crippen LogP contribution in [0.2, 0.25) is 0 Å². The Labute approximate surface area is 134 Å². The lowest BCUT2D eigenvalue weighted by Crippen LogP contribution is -2.52. The van der Waals surface area contributed by atoms with Crippen molar-refractivity contribution >= 4 is 0 Å². The van der Waals surface area contributed by atoms with Crippen LogP contribution in [0, 0.1) is 5.92 Å². The molecule has 1 heteroatoms. The maximum absolute atomic E-state index is 4.00. The molecule has 126 valence electrons. The molecule has 1 N–H and O–H groups in total. The second kappa shape index (κ2) is 11.5. The fourth-order valence-electron chi connectivity index (χ4n) is 4.33. The molecule has 0 aromatic heterocycles. The van der Waals surface area contributed by atoms with E-state index in [1.54, 1.807) is 0 Å². The van der Waals surface area contributed by atoms with Gasteiger partial charge < -0.3 is 5.32 Å². The monoisotopic (exact) mass is 295 g/mol. The van der Waals surface area contributed by atoms with Gasteiger partial charge in [-0.1, -0.05) is 85.0 Å². The van der Waals surface area contributed by atoms with Gasteiger partial charge in [-0.25, -0.2) is 0 Å². The zero-order valence-electron chi connectivity index (χ0n) is 15.2. The summed E-state index contributed by atoms with van der Waals surface area (Å²) >= 11 is 0. The molecule has 0 aromatic rings. The molecule has 0 radical (unpaired) electrons. The Morgan fingerprint density at radius 2 is 1.52 bits per heavy atom. The van der Waals surface area contributed by atoms with Crippen LogP contribution < -0.4 is 5.32 Å². The molecule has 1 aliphatic rings. The second-order valence-corrected chi connectivity index (χ2v) is 7.26. The summed E-state index contributed by atoms with van der Waals surface area (Å²) < 4.78 is 0. The first-order chi connectivity index (χ1) is 10.3. The van der Waals surface area contributed by atoms with E-state index in [0.717, 1.165) is 5.92 Å². The molecular formula is C20H41N. The average molecular weight is 296 g/mol. The van der Waals surface area contributed by atoms with Gasteiger partial charge in [0.2, 0.25) is 0 Å². The van der Waals surface area contributed by atoms with Crippen LogP contribution in [0.25, 0.3) is 0 Å².